The summed E-state index contributed by atoms with van der Waals surface area (Å²) in [5.41, 5.74) is 10.6. The molecule has 0 saturated heterocycles. The molecule has 0 bridgehead atoms. The molecule has 0 aliphatic carbocycles. The second-order valence-electron chi connectivity index (χ2n) is 10.6. The zero-order chi connectivity index (χ0) is 26.9. The minimum absolute atomic E-state index is 1.15. The molecule has 0 unspecified atom stereocenters. The largest absolute Gasteiger partial charge is 0.306 e. The van der Waals surface area contributed by atoms with Crippen molar-refractivity contribution in [1.82, 2.24) is 0 Å². The maximum Gasteiger partial charge on any atom is 0.0947 e. The quantitative estimate of drug-likeness (QED) is 0.223. The molecule has 7 aromatic carbocycles. The first-order valence-corrected chi connectivity index (χ1v) is 14.1. The molecule has 0 aromatic heterocycles. The Bertz CT molecular complexity index is 1970. The van der Waals surface area contributed by atoms with Crippen LogP contribution in [0.15, 0.2) is 152 Å². The van der Waals surface area contributed by atoms with E-state index in [9.17, 15) is 0 Å². The van der Waals surface area contributed by atoms with E-state index < -0.39 is 0 Å². The predicted octanol–water partition coefficient (Wildman–Crippen LogP) is 11.0. The van der Waals surface area contributed by atoms with Crippen LogP contribution in [-0.4, -0.2) is 0 Å². The number of hydrogen-bond donors (Lipinski definition) is 0. The Labute approximate surface area is 238 Å². The summed E-state index contributed by atoms with van der Waals surface area (Å²) >= 11 is 0. The molecular formula is C38H25N3. The molecule has 2 heterocycles. The third-order valence-electron chi connectivity index (χ3n) is 8.42. The standard InChI is InChI=1S/C38H25N3/c1-3-14-28(15-4-1)39-32-20-11-21-33-38(32)41(34-24-22-26-12-7-9-18-30(26)36(34)39)35-25-23-27-13-8-10-19-31(27)37(35)40(33)29-16-5-2-6-17-29/h1-25H. The van der Waals surface area contributed by atoms with Crippen molar-refractivity contribution in [3.63, 3.8) is 0 Å². The SMILES string of the molecule is c1ccc(N2c3cccc4c3N(c3ccc5ccccc5c32)c2ccc3ccccc3c2N4c2ccccc2)cc1. The Morgan fingerprint density at radius 3 is 1.17 bits per heavy atom. The number of rotatable bonds is 2. The normalized spacial score (nSPS) is 13.2. The average molecular weight is 524 g/mol. The summed E-state index contributed by atoms with van der Waals surface area (Å²) in [7, 11) is 0. The predicted molar refractivity (Wildman–Crippen MR) is 173 cm³/mol. The van der Waals surface area contributed by atoms with E-state index in [1.807, 2.05) is 0 Å². The monoisotopic (exact) mass is 523 g/mol. The lowest BCUT2D eigenvalue weighted by atomic mass is 9.94. The fourth-order valence-electron chi connectivity index (χ4n) is 6.73. The van der Waals surface area contributed by atoms with E-state index in [0.717, 1.165) is 22.7 Å². The average Bonchev–Trinajstić information content (AvgIpc) is 3.05. The summed E-state index contributed by atoms with van der Waals surface area (Å²) in [4.78, 5) is 7.39. The third kappa shape index (κ3) is 3.09. The van der Waals surface area contributed by atoms with Crippen LogP contribution in [0.5, 0.6) is 0 Å². The zero-order valence-electron chi connectivity index (χ0n) is 22.3. The van der Waals surface area contributed by atoms with Gasteiger partial charge in [0.25, 0.3) is 0 Å². The van der Waals surface area contributed by atoms with Gasteiger partial charge in [-0.05, 0) is 59.3 Å². The number of hydrogen-bond acceptors (Lipinski definition) is 3. The van der Waals surface area contributed by atoms with Gasteiger partial charge in [-0.15, -0.1) is 0 Å². The molecule has 3 nitrogen and oxygen atoms in total. The van der Waals surface area contributed by atoms with Crippen molar-refractivity contribution in [2.75, 3.05) is 14.7 Å². The summed E-state index contributed by atoms with van der Waals surface area (Å²) in [5.74, 6) is 0. The molecule has 0 saturated carbocycles. The lowest BCUT2D eigenvalue weighted by Gasteiger charge is -2.47. The summed E-state index contributed by atoms with van der Waals surface area (Å²) < 4.78 is 0. The molecule has 0 fully saturated rings. The molecule has 7 aromatic rings. The third-order valence-corrected chi connectivity index (χ3v) is 8.42. The highest BCUT2D eigenvalue weighted by Crippen LogP contribution is 2.64. The van der Waals surface area contributed by atoms with Gasteiger partial charge in [-0.25, -0.2) is 0 Å². The van der Waals surface area contributed by atoms with Gasteiger partial charge in [0.1, 0.15) is 0 Å². The van der Waals surface area contributed by atoms with Gasteiger partial charge in [-0.3, -0.25) is 0 Å². The Morgan fingerprint density at radius 2 is 0.683 bits per heavy atom. The minimum Gasteiger partial charge on any atom is -0.306 e. The zero-order valence-corrected chi connectivity index (χ0v) is 22.3. The molecule has 9 rings (SSSR count). The molecule has 0 spiro atoms. The Kier molecular flexibility index (Phi) is 4.61. The maximum atomic E-state index is 2.49. The van der Waals surface area contributed by atoms with E-state index in [4.69, 9.17) is 0 Å². The van der Waals surface area contributed by atoms with Crippen LogP contribution in [0.3, 0.4) is 0 Å². The first-order valence-electron chi connectivity index (χ1n) is 14.1. The van der Waals surface area contributed by atoms with Crippen molar-refractivity contribution in [2.24, 2.45) is 0 Å². The van der Waals surface area contributed by atoms with Crippen LogP contribution in [0.1, 0.15) is 0 Å². The molecule has 192 valence electrons. The minimum atomic E-state index is 1.15. The van der Waals surface area contributed by atoms with Crippen LogP contribution < -0.4 is 14.7 Å². The number of nitrogens with zero attached hydrogens (tertiary/aromatic N) is 3. The summed E-state index contributed by atoms with van der Waals surface area (Å²) in [6, 6.07) is 54.8. The lowest BCUT2D eigenvalue weighted by Crippen LogP contribution is -2.30. The first-order chi connectivity index (χ1) is 20.4. The number of para-hydroxylation sites is 3. The van der Waals surface area contributed by atoms with Gasteiger partial charge < -0.3 is 14.7 Å². The Hall–Kier alpha value is -5.54. The Balaban J connectivity index is 1.45. The highest BCUT2D eigenvalue weighted by molar-refractivity contribution is 6.20. The van der Waals surface area contributed by atoms with Gasteiger partial charge >= 0.3 is 0 Å². The van der Waals surface area contributed by atoms with Crippen LogP contribution in [0.2, 0.25) is 0 Å². The van der Waals surface area contributed by atoms with Gasteiger partial charge in [0.2, 0.25) is 0 Å². The molecular weight excluding hydrogens is 498 g/mol. The van der Waals surface area contributed by atoms with Crippen LogP contribution >= 0.6 is 0 Å². The highest BCUT2D eigenvalue weighted by Gasteiger charge is 2.40. The van der Waals surface area contributed by atoms with Gasteiger partial charge in [-0.2, -0.15) is 0 Å². The highest BCUT2D eigenvalue weighted by atomic mass is 15.3. The fraction of sp³-hybridized carbons (Fsp3) is 0. The van der Waals surface area contributed by atoms with Gasteiger partial charge in [0.15, 0.2) is 0 Å². The maximum absolute atomic E-state index is 2.49. The van der Waals surface area contributed by atoms with Crippen LogP contribution in [0.4, 0.5) is 51.2 Å². The van der Waals surface area contributed by atoms with Crippen molar-refractivity contribution < 1.29 is 0 Å². The summed E-state index contributed by atoms with van der Waals surface area (Å²) in [5, 5.41) is 4.93. The second-order valence-corrected chi connectivity index (χ2v) is 10.6. The summed E-state index contributed by atoms with van der Waals surface area (Å²) in [6.45, 7) is 0. The van der Waals surface area contributed by atoms with Gasteiger partial charge in [0, 0.05) is 22.1 Å². The molecule has 2 aliphatic heterocycles. The van der Waals surface area contributed by atoms with E-state index in [1.165, 1.54) is 50.0 Å². The number of benzene rings is 7. The molecule has 0 N–H and O–H groups in total. The topological polar surface area (TPSA) is 9.72 Å². The number of anilines is 9. The number of fused-ring (bicyclic) bond motifs is 8. The van der Waals surface area contributed by atoms with Crippen LogP contribution in [0.25, 0.3) is 21.5 Å². The second kappa shape index (κ2) is 8.48. The molecule has 0 atom stereocenters. The molecule has 0 amide bonds. The van der Waals surface area contributed by atoms with Crippen molar-refractivity contribution in [1.29, 1.82) is 0 Å². The fourth-order valence-corrected chi connectivity index (χ4v) is 6.73. The first kappa shape index (κ1) is 22.3. The van der Waals surface area contributed by atoms with E-state index in [-0.39, 0.29) is 0 Å². The van der Waals surface area contributed by atoms with Crippen molar-refractivity contribution in [3.05, 3.63) is 152 Å². The lowest BCUT2D eigenvalue weighted by molar-refractivity contribution is 1.13. The Morgan fingerprint density at radius 1 is 0.268 bits per heavy atom. The van der Waals surface area contributed by atoms with Crippen molar-refractivity contribution in [2.45, 2.75) is 0 Å². The van der Waals surface area contributed by atoms with Crippen LogP contribution in [-0.2, 0) is 0 Å². The van der Waals surface area contributed by atoms with Crippen molar-refractivity contribution >= 4 is 72.7 Å². The smallest absolute Gasteiger partial charge is 0.0947 e. The van der Waals surface area contributed by atoms with Crippen molar-refractivity contribution in [3.8, 4) is 0 Å². The van der Waals surface area contributed by atoms with E-state index in [2.05, 4.69) is 166 Å². The molecule has 41 heavy (non-hydrogen) atoms. The molecule has 2 aliphatic rings. The summed E-state index contributed by atoms with van der Waals surface area (Å²) in [6.07, 6.45) is 0. The van der Waals surface area contributed by atoms with Crippen LogP contribution in [0, 0.1) is 0 Å². The van der Waals surface area contributed by atoms with E-state index in [0.29, 0.717) is 0 Å². The van der Waals surface area contributed by atoms with E-state index in [1.54, 1.807) is 0 Å². The van der Waals surface area contributed by atoms with Gasteiger partial charge in [-0.1, -0.05) is 103 Å². The van der Waals surface area contributed by atoms with Gasteiger partial charge in [0.05, 0.1) is 39.8 Å². The molecule has 3 heteroatoms. The van der Waals surface area contributed by atoms with E-state index >= 15 is 0 Å². The molecule has 0 radical (unpaired) electrons.